The number of carbonyl (C=O) groups is 1. The normalized spacial score (nSPS) is 22.7. The summed E-state index contributed by atoms with van der Waals surface area (Å²) in [6.07, 6.45) is 24.9. The van der Waals surface area contributed by atoms with Gasteiger partial charge in [0, 0.05) is 0 Å². The molecule has 0 bridgehead atoms. The van der Waals surface area contributed by atoms with Crippen LogP contribution in [0.25, 0.3) is 0 Å². The van der Waals surface area contributed by atoms with Gasteiger partial charge in [0.1, 0.15) is 30.5 Å². The molecule has 1 fully saturated rings. The van der Waals surface area contributed by atoms with Gasteiger partial charge < -0.3 is 45.4 Å². The van der Waals surface area contributed by atoms with Gasteiger partial charge in [-0.3, -0.25) is 4.79 Å². The summed E-state index contributed by atoms with van der Waals surface area (Å²) in [7, 11) is 0. The average molecular weight is 756 g/mol. The predicted molar refractivity (Wildman–Crippen MR) is 213 cm³/mol. The second kappa shape index (κ2) is 32.8. The quantitative estimate of drug-likeness (QED) is 0.0263. The molecule has 53 heavy (non-hydrogen) atoms. The van der Waals surface area contributed by atoms with Crippen molar-refractivity contribution in [3.8, 4) is 0 Å². The third kappa shape index (κ3) is 24.0. The number of aliphatic hydroxyl groups is 6. The van der Waals surface area contributed by atoms with E-state index in [-0.39, 0.29) is 6.61 Å². The molecule has 0 radical (unpaired) electrons. The number of unbranched alkanes of at least 4 members (excludes halogenated alkanes) is 20. The zero-order valence-electron chi connectivity index (χ0n) is 33.9. The van der Waals surface area contributed by atoms with Gasteiger partial charge in [0.25, 0.3) is 0 Å². The van der Waals surface area contributed by atoms with Gasteiger partial charge in [-0.15, -0.1) is 0 Å². The van der Waals surface area contributed by atoms with Crippen molar-refractivity contribution in [1.82, 2.24) is 5.32 Å². The molecule has 1 aliphatic heterocycles. The van der Waals surface area contributed by atoms with Crippen LogP contribution in [0.4, 0.5) is 0 Å². The second-order valence-electron chi connectivity index (χ2n) is 15.5. The van der Waals surface area contributed by atoms with Crippen LogP contribution in [0.1, 0.15) is 181 Å². The molecule has 6 unspecified atom stereocenters. The number of rotatable bonds is 34. The van der Waals surface area contributed by atoms with Crippen LogP contribution in [0.3, 0.4) is 0 Å². The Morgan fingerprint density at radius 3 is 1.75 bits per heavy atom. The van der Waals surface area contributed by atoms with Gasteiger partial charge in [0.05, 0.1) is 25.4 Å². The minimum atomic E-state index is -1.61. The van der Waals surface area contributed by atoms with Crippen molar-refractivity contribution in [2.24, 2.45) is 0 Å². The highest BCUT2D eigenvalue weighted by Gasteiger charge is 2.44. The summed E-state index contributed by atoms with van der Waals surface area (Å²) in [6, 6.07) is -0.994. The van der Waals surface area contributed by atoms with E-state index in [0.29, 0.717) is 19.3 Å². The van der Waals surface area contributed by atoms with Crippen molar-refractivity contribution < 1.29 is 44.9 Å². The average Bonchev–Trinajstić information content (AvgIpc) is 3.15. The fraction of sp³-hybridized carbons (Fsp3) is 0.884. The maximum Gasteiger partial charge on any atom is 0.249 e. The number of aliphatic hydroxyl groups excluding tert-OH is 6. The second-order valence-corrected chi connectivity index (χ2v) is 15.5. The zero-order chi connectivity index (χ0) is 39.1. The lowest BCUT2D eigenvalue weighted by molar-refractivity contribution is -0.302. The minimum absolute atomic E-state index is 0.306. The largest absolute Gasteiger partial charge is 0.394 e. The molecule has 1 saturated heterocycles. The van der Waals surface area contributed by atoms with E-state index in [4.69, 9.17) is 9.47 Å². The molecule has 312 valence electrons. The fourth-order valence-corrected chi connectivity index (χ4v) is 6.83. The molecule has 10 nitrogen and oxygen atoms in total. The highest BCUT2D eigenvalue weighted by atomic mass is 16.7. The van der Waals surface area contributed by atoms with E-state index in [2.05, 4.69) is 32.2 Å². The van der Waals surface area contributed by atoms with Crippen molar-refractivity contribution in [3.63, 3.8) is 0 Å². The molecule has 7 N–H and O–H groups in total. The molecule has 0 saturated carbocycles. The van der Waals surface area contributed by atoms with Gasteiger partial charge >= 0.3 is 0 Å². The molecule has 1 aliphatic rings. The fourth-order valence-electron chi connectivity index (χ4n) is 6.83. The van der Waals surface area contributed by atoms with Crippen LogP contribution in [-0.2, 0) is 14.3 Å². The first kappa shape index (κ1) is 49.6. The maximum absolute atomic E-state index is 13.0. The van der Waals surface area contributed by atoms with Crippen LogP contribution in [0, 0.1) is 0 Å². The molecule has 1 heterocycles. The summed E-state index contributed by atoms with van der Waals surface area (Å²) in [5.74, 6) is -0.626. The van der Waals surface area contributed by atoms with E-state index in [1.807, 2.05) is 6.08 Å². The van der Waals surface area contributed by atoms with Crippen molar-refractivity contribution in [3.05, 3.63) is 23.8 Å². The van der Waals surface area contributed by atoms with E-state index < -0.39 is 61.5 Å². The van der Waals surface area contributed by atoms with Gasteiger partial charge in [-0.2, -0.15) is 0 Å². The Bertz CT molecular complexity index is 929. The number of hydrogen-bond donors (Lipinski definition) is 7. The van der Waals surface area contributed by atoms with Crippen LogP contribution < -0.4 is 5.32 Å². The van der Waals surface area contributed by atoms with Gasteiger partial charge in [0.2, 0.25) is 5.91 Å². The van der Waals surface area contributed by atoms with Crippen LogP contribution >= 0.6 is 0 Å². The number of nitrogens with one attached hydrogen (secondary N) is 1. The SMILES string of the molecule is CCCCCCCCCCCCCCCCC(O)C(=O)NC(CO[C@@H]1OC(CO)[C@H](O)C(O)C1O)C(O)/C=C/CC/C=C(\C)CCCCCCCCC. The zero-order valence-corrected chi connectivity index (χ0v) is 33.9. The number of hydrogen-bond acceptors (Lipinski definition) is 9. The summed E-state index contributed by atoms with van der Waals surface area (Å²) >= 11 is 0. The highest BCUT2D eigenvalue weighted by Crippen LogP contribution is 2.23. The van der Waals surface area contributed by atoms with Crippen molar-refractivity contribution >= 4 is 5.91 Å². The van der Waals surface area contributed by atoms with E-state index in [0.717, 1.165) is 32.1 Å². The van der Waals surface area contributed by atoms with Crippen molar-refractivity contribution in [1.29, 1.82) is 0 Å². The Labute approximate surface area is 322 Å². The van der Waals surface area contributed by atoms with Crippen LogP contribution in [0.5, 0.6) is 0 Å². The number of carbonyl (C=O) groups excluding carboxylic acids is 1. The molecule has 0 aromatic rings. The van der Waals surface area contributed by atoms with Gasteiger partial charge in [-0.1, -0.05) is 166 Å². The first-order chi connectivity index (χ1) is 25.7. The monoisotopic (exact) mass is 756 g/mol. The number of amides is 1. The summed E-state index contributed by atoms with van der Waals surface area (Å²) in [5.41, 5.74) is 1.36. The highest BCUT2D eigenvalue weighted by molar-refractivity contribution is 5.80. The smallest absolute Gasteiger partial charge is 0.249 e. The van der Waals surface area contributed by atoms with E-state index in [9.17, 15) is 35.4 Å². The molecule has 10 heteroatoms. The Morgan fingerprint density at radius 1 is 0.717 bits per heavy atom. The Kier molecular flexibility index (Phi) is 30.8. The third-order valence-corrected chi connectivity index (χ3v) is 10.5. The molecule has 0 aromatic heterocycles. The number of allylic oxidation sites excluding steroid dienone is 3. The van der Waals surface area contributed by atoms with Gasteiger partial charge in [-0.25, -0.2) is 0 Å². The van der Waals surface area contributed by atoms with Crippen LogP contribution in [-0.4, -0.2) is 98.7 Å². The van der Waals surface area contributed by atoms with Crippen LogP contribution in [0.2, 0.25) is 0 Å². The molecule has 0 spiro atoms. The van der Waals surface area contributed by atoms with E-state index >= 15 is 0 Å². The van der Waals surface area contributed by atoms with Crippen LogP contribution in [0.15, 0.2) is 23.8 Å². The third-order valence-electron chi connectivity index (χ3n) is 10.5. The molecule has 8 atom stereocenters. The Balaban J connectivity index is 2.54. The van der Waals surface area contributed by atoms with E-state index in [1.165, 1.54) is 115 Å². The molecule has 1 rings (SSSR count). The first-order valence-corrected chi connectivity index (χ1v) is 21.6. The Morgan fingerprint density at radius 2 is 1.23 bits per heavy atom. The van der Waals surface area contributed by atoms with E-state index in [1.54, 1.807) is 6.08 Å². The van der Waals surface area contributed by atoms with Crippen molar-refractivity contribution in [2.75, 3.05) is 13.2 Å². The summed E-state index contributed by atoms with van der Waals surface area (Å²) < 4.78 is 11.1. The standard InChI is InChI=1S/C43H81NO9/c1-4-6-8-10-12-13-14-15-16-17-18-20-22-26-31-37(47)42(51)44-35(33-52-43-41(50)40(49)39(48)38(32-45)53-43)36(46)30-27-23-25-29-34(3)28-24-21-19-11-9-7-5-2/h27,29-30,35-41,43,45-50H,4-26,28,31-33H2,1-3H3,(H,44,51)/b30-27+,34-29+/t35?,36?,37?,38?,39-,40?,41?,43+/m0/s1. The topological polar surface area (TPSA) is 169 Å². The minimum Gasteiger partial charge on any atom is -0.394 e. The predicted octanol–water partition coefficient (Wildman–Crippen LogP) is 7.30. The summed E-state index contributed by atoms with van der Waals surface area (Å²) in [5, 5.41) is 64.6. The maximum atomic E-state index is 13.0. The first-order valence-electron chi connectivity index (χ1n) is 21.6. The number of ether oxygens (including phenoxy) is 2. The summed E-state index contributed by atoms with van der Waals surface area (Å²) in [4.78, 5) is 13.0. The molecule has 0 aromatic carbocycles. The lowest BCUT2D eigenvalue weighted by Crippen LogP contribution is -2.60. The Hall–Kier alpha value is -1.37. The molecular weight excluding hydrogens is 674 g/mol. The molecule has 0 aliphatic carbocycles. The van der Waals surface area contributed by atoms with Gasteiger partial charge in [0.15, 0.2) is 6.29 Å². The summed E-state index contributed by atoms with van der Waals surface area (Å²) in [6.45, 7) is 5.72. The lowest BCUT2D eigenvalue weighted by Gasteiger charge is -2.40. The lowest BCUT2D eigenvalue weighted by atomic mass is 9.99. The molecule has 1 amide bonds. The molecular formula is C43H81NO9. The van der Waals surface area contributed by atoms with Gasteiger partial charge in [-0.05, 0) is 39.0 Å². The van der Waals surface area contributed by atoms with Crippen molar-refractivity contribution in [2.45, 2.75) is 230 Å².